The maximum atomic E-state index is 9.27. The zero-order chi connectivity index (χ0) is 4.12. The minimum Gasteiger partial charge on any atom is -0.290 e. The van der Waals surface area contributed by atoms with Crippen molar-refractivity contribution in [2.75, 3.05) is 6.35 Å². The molecule has 0 saturated carbocycles. The molecule has 0 rings (SSSR count). The zero-order valence-electron chi connectivity index (χ0n) is 2.55. The van der Waals surface area contributed by atoms with Crippen molar-refractivity contribution in [3.05, 3.63) is 0 Å². The second-order valence-electron chi connectivity index (χ2n) is 0.370. The Bertz CT molecular complexity index is 28.8. The van der Waals surface area contributed by atoms with Crippen molar-refractivity contribution in [1.82, 2.24) is 0 Å². The fourth-order valence-electron chi connectivity index (χ4n) is 0.0304. The van der Waals surface area contributed by atoms with E-state index in [2.05, 4.69) is 13.8 Å². The van der Waals surface area contributed by atoms with Crippen LogP contribution in [0.2, 0.25) is 0 Å². The highest BCUT2D eigenvalue weighted by Crippen LogP contribution is 1.94. The van der Waals surface area contributed by atoms with E-state index >= 15 is 0 Å². The van der Waals surface area contributed by atoms with E-state index in [0.717, 1.165) is 0 Å². The highest BCUT2D eigenvalue weighted by Gasteiger charge is 1.65. The minimum atomic E-state index is -0.241. The van der Waals surface area contributed by atoms with Gasteiger partial charge in [0, 0.05) is 0 Å². The van der Waals surface area contributed by atoms with Crippen molar-refractivity contribution < 1.29 is 9.09 Å². The first-order valence-corrected chi connectivity index (χ1v) is 2.61. The van der Waals surface area contributed by atoms with E-state index in [1.54, 1.807) is 0 Å². The van der Waals surface area contributed by atoms with Crippen LogP contribution in [-0.4, -0.2) is 6.35 Å². The summed E-state index contributed by atoms with van der Waals surface area (Å²) in [5, 5.41) is 0. The Morgan fingerprint density at radius 3 is 2.60 bits per heavy atom. The molecule has 0 amide bonds. The summed E-state index contributed by atoms with van der Waals surface area (Å²) in [5.41, 5.74) is 0. The van der Waals surface area contributed by atoms with Gasteiger partial charge in [0.25, 0.3) is 0 Å². The number of hydrogen-bond donors (Lipinski definition) is 0. The number of hydrogen-bond acceptors (Lipinski definition) is 2. The Labute approximate surface area is 34.4 Å². The molecule has 30 valence electrons. The van der Waals surface area contributed by atoms with Crippen LogP contribution in [0, 0.1) is 0 Å². The molecule has 1 atom stereocenters. The normalized spacial score (nSPS) is 9.00. The van der Waals surface area contributed by atoms with E-state index in [9.17, 15) is 4.57 Å². The van der Waals surface area contributed by atoms with Gasteiger partial charge in [0.2, 0.25) is 0 Å². The van der Waals surface area contributed by atoms with Gasteiger partial charge in [-0.2, -0.15) is 0 Å². The quantitative estimate of drug-likeness (QED) is 0.496. The third kappa shape index (κ3) is 4.49. The minimum absolute atomic E-state index is 0.241. The zero-order valence-corrected chi connectivity index (χ0v) is 4.60. The summed E-state index contributed by atoms with van der Waals surface area (Å²) in [6.07, 6.45) is 0.436. The van der Waals surface area contributed by atoms with Crippen molar-refractivity contribution in [3.8, 4) is 0 Å². The Balaban J connectivity index is 2.40. The first kappa shape index (κ1) is 5.49. The van der Waals surface area contributed by atoms with Crippen molar-refractivity contribution in [2.45, 2.75) is 0 Å². The lowest BCUT2D eigenvalue weighted by atomic mass is 11.7. The van der Waals surface area contributed by atoms with Gasteiger partial charge in [-0.15, -0.1) is 9.24 Å². The van der Waals surface area contributed by atoms with Gasteiger partial charge in [-0.25, -0.2) is 4.57 Å². The highest BCUT2D eigenvalue weighted by atomic mass is 31.1. The molecular formula is CH4O2P2. The molecule has 0 heterocycles. The molecule has 0 N–H and O–H groups in total. The molecule has 0 aromatic heterocycles. The lowest BCUT2D eigenvalue weighted by molar-refractivity contribution is 0.414. The molecule has 4 heteroatoms. The number of rotatable bonds is 2. The van der Waals surface area contributed by atoms with Crippen LogP contribution in [0.3, 0.4) is 0 Å². The molecule has 0 aromatic rings. The van der Waals surface area contributed by atoms with E-state index in [1.165, 1.54) is 0 Å². The molecule has 5 heavy (non-hydrogen) atoms. The fraction of sp³-hybridized carbons (Fsp3) is 1.00. The topological polar surface area (TPSA) is 26.3 Å². The van der Waals surface area contributed by atoms with Crippen molar-refractivity contribution >= 4 is 17.9 Å². The maximum absolute atomic E-state index is 9.27. The van der Waals surface area contributed by atoms with Crippen LogP contribution in [-0.2, 0) is 9.09 Å². The standard InChI is InChI=1S/CH4O2P2/c2-5-3-1-4/h1,4H2. The second kappa shape index (κ2) is 4.49. The van der Waals surface area contributed by atoms with Crippen molar-refractivity contribution in [1.29, 1.82) is 0 Å². The molecule has 0 bridgehead atoms. The smallest absolute Gasteiger partial charge is 0.290 e. The first-order valence-electron chi connectivity index (χ1n) is 1.06. The monoisotopic (exact) mass is 110 g/mol. The van der Waals surface area contributed by atoms with Crippen LogP contribution in [0.5, 0.6) is 0 Å². The molecular weight excluding hydrogens is 106 g/mol. The summed E-state index contributed by atoms with van der Waals surface area (Å²) in [6.45, 7) is 0. The van der Waals surface area contributed by atoms with Gasteiger partial charge in [-0.05, 0) is 0 Å². The van der Waals surface area contributed by atoms with Crippen molar-refractivity contribution in [2.24, 2.45) is 0 Å². The Kier molecular flexibility index (Phi) is 4.93. The summed E-state index contributed by atoms with van der Waals surface area (Å²) in [7, 11) is 2.03. The average molecular weight is 110 g/mol. The van der Waals surface area contributed by atoms with Crippen LogP contribution < -0.4 is 0 Å². The fourth-order valence-corrected chi connectivity index (χ4v) is 0.274. The summed E-state index contributed by atoms with van der Waals surface area (Å²) >= 11 is 0. The summed E-state index contributed by atoms with van der Waals surface area (Å²) in [5.74, 6) is 0. The van der Waals surface area contributed by atoms with E-state index in [-0.39, 0.29) is 8.69 Å². The van der Waals surface area contributed by atoms with Crippen LogP contribution >= 0.6 is 17.9 Å². The highest BCUT2D eigenvalue weighted by molar-refractivity contribution is 7.20. The lowest BCUT2D eigenvalue weighted by Crippen LogP contribution is -1.58. The summed E-state index contributed by atoms with van der Waals surface area (Å²) in [6, 6.07) is 0. The van der Waals surface area contributed by atoms with E-state index in [0.29, 0.717) is 6.35 Å². The van der Waals surface area contributed by atoms with Crippen molar-refractivity contribution in [3.63, 3.8) is 0 Å². The predicted octanol–water partition coefficient (Wildman–Crippen LogP) is 1.04. The molecule has 0 aromatic carbocycles. The third-order valence-electron chi connectivity index (χ3n) is 0.127. The molecule has 0 spiro atoms. The van der Waals surface area contributed by atoms with Gasteiger partial charge in [0.05, 0.1) is 6.35 Å². The molecule has 1 unspecified atom stereocenters. The third-order valence-corrected chi connectivity index (χ3v) is 0.829. The van der Waals surface area contributed by atoms with E-state index in [4.69, 9.17) is 0 Å². The Hall–Kier alpha value is 0.490. The molecule has 0 aliphatic carbocycles. The molecule has 0 fully saturated rings. The Morgan fingerprint density at radius 1 is 2.00 bits per heavy atom. The van der Waals surface area contributed by atoms with Gasteiger partial charge < -0.3 is 0 Å². The maximum Gasteiger partial charge on any atom is 0.327 e. The SMILES string of the molecule is O=POCP. The van der Waals surface area contributed by atoms with Gasteiger partial charge in [-0.1, -0.05) is 0 Å². The second-order valence-corrected chi connectivity index (χ2v) is 1.11. The molecule has 0 radical (unpaired) electrons. The summed E-state index contributed by atoms with van der Waals surface area (Å²) in [4.78, 5) is 0. The molecule has 0 aliphatic heterocycles. The van der Waals surface area contributed by atoms with Gasteiger partial charge in [-0.3, -0.25) is 4.52 Å². The first-order chi connectivity index (χ1) is 2.41. The lowest BCUT2D eigenvalue weighted by Gasteiger charge is -1.72. The van der Waals surface area contributed by atoms with Crippen LogP contribution in [0.25, 0.3) is 0 Å². The van der Waals surface area contributed by atoms with Gasteiger partial charge in [0.15, 0.2) is 0 Å². The summed E-state index contributed by atoms with van der Waals surface area (Å²) < 4.78 is 13.5. The van der Waals surface area contributed by atoms with Crippen LogP contribution in [0.1, 0.15) is 0 Å². The largest absolute Gasteiger partial charge is 0.327 e. The van der Waals surface area contributed by atoms with E-state index in [1.807, 2.05) is 0 Å². The predicted molar refractivity (Wildman–Crippen MR) is 23.3 cm³/mol. The molecule has 2 nitrogen and oxygen atoms in total. The Morgan fingerprint density at radius 2 is 2.60 bits per heavy atom. The van der Waals surface area contributed by atoms with Gasteiger partial charge in [0.1, 0.15) is 0 Å². The van der Waals surface area contributed by atoms with Gasteiger partial charge >= 0.3 is 8.69 Å². The molecule has 0 aliphatic rings. The van der Waals surface area contributed by atoms with Crippen LogP contribution in [0.15, 0.2) is 0 Å². The van der Waals surface area contributed by atoms with E-state index < -0.39 is 0 Å². The average Bonchev–Trinajstić information content (AvgIpc) is 1.41. The molecule has 0 saturated heterocycles. The van der Waals surface area contributed by atoms with Crippen LogP contribution in [0.4, 0.5) is 0 Å².